The SMILES string of the molecule is O=c1c(=Cc2ccc(Cl)cc2Cl)sc2nc(-c3cc(F)c(Cl)cc3Cl)nn12. The third kappa shape index (κ3) is 3.44. The van der Waals surface area contributed by atoms with Crippen LogP contribution in [-0.2, 0) is 0 Å². The Balaban J connectivity index is 1.84. The molecule has 0 N–H and O–H groups in total. The van der Waals surface area contributed by atoms with Crippen LogP contribution in [-0.4, -0.2) is 14.6 Å². The van der Waals surface area contributed by atoms with E-state index in [1.54, 1.807) is 24.3 Å². The Morgan fingerprint density at radius 1 is 1.04 bits per heavy atom. The van der Waals surface area contributed by atoms with Gasteiger partial charge in [0.05, 0.1) is 14.6 Å². The fourth-order valence-corrected chi connectivity index (χ4v) is 4.23. The van der Waals surface area contributed by atoms with Crippen molar-refractivity contribution < 1.29 is 4.39 Å². The Labute approximate surface area is 175 Å². The largest absolute Gasteiger partial charge is 0.291 e. The van der Waals surface area contributed by atoms with E-state index in [2.05, 4.69) is 10.1 Å². The topological polar surface area (TPSA) is 47.3 Å². The van der Waals surface area contributed by atoms with Gasteiger partial charge >= 0.3 is 0 Å². The maximum atomic E-state index is 13.7. The molecule has 2 heterocycles. The molecule has 0 aliphatic rings. The second kappa shape index (κ2) is 7.04. The molecule has 4 nitrogen and oxygen atoms in total. The first kappa shape index (κ1) is 18.7. The minimum atomic E-state index is -0.650. The highest BCUT2D eigenvalue weighted by atomic mass is 35.5. The summed E-state index contributed by atoms with van der Waals surface area (Å²) >= 11 is 24.9. The summed E-state index contributed by atoms with van der Waals surface area (Å²) in [5, 5.41) is 5.15. The van der Waals surface area contributed by atoms with Gasteiger partial charge in [-0.2, -0.15) is 9.50 Å². The first-order valence-electron chi connectivity index (χ1n) is 7.35. The highest BCUT2D eigenvalue weighted by Gasteiger charge is 2.16. The van der Waals surface area contributed by atoms with Crippen LogP contribution in [0.25, 0.3) is 22.4 Å². The number of hydrogen-bond acceptors (Lipinski definition) is 4. The van der Waals surface area contributed by atoms with Crippen molar-refractivity contribution in [2.24, 2.45) is 0 Å². The molecule has 136 valence electrons. The van der Waals surface area contributed by atoms with Crippen molar-refractivity contribution in [3.05, 3.63) is 76.7 Å². The monoisotopic (exact) mass is 459 g/mol. The molecule has 2 aromatic heterocycles. The number of aromatic nitrogens is 3. The number of thiazole rings is 1. The zero-order valence-corrected chi connectivity index (χ0v) is 16.9. The van der Waals surface area contributed by atoms with Crippen molar-refractivity contribution in [1.82, 2.24) is 14.6 Å². The molecule has 0 spiro atoms. The van der Waals surface area contributed by atoms with Crippen molar-refractivity contribution in [3.8, 4) is 11.4 Å². The second-order valence-corrected chi connectivity index (χ2v) is 8.12. The van der Waals surface area contributed by atoms with E-state index in [1.165, 1.54) is 6.07 Å². The van der Waals surface area contributed by atoms with Gasteiger partial charge in [0.15, 0.2) is 5.82 Å². The first-order valence-corrected chi connectivity index (χ1v) is 9.67. The van der Waals surface area contributed by atoms with Gasteiger partial charge in [-0.25, -0.2) is 4.39 Å². The normalized spacial score (nSPS) is 12.3. The molecule has 0 fully saturated rings. The lowest BCUT2D eigenvalue weighted by Crippen LogP contribution is -2.23. The van der Waals surface area contributed by atoms with Gasteiger partial charge in [-0.15, -0.1) is 5.10 Å². The van der Waals surface area contributed by atoms with Crippen molar-refractivity contribution in [3.63, 3.8) is 0 Å². The smallest absolute Gasteiger partial charge is 0.266 e. The van der Waals surface area contributed by atoms with Gasteiger partial charge in [-0.3, -0.25) is 4.79 Å². The molecule has 0 atom stereocenters. The maximum absolute atomic E-state index is 13.7. The van der Waals surface area contributed by atoms with Crippen molar-refractivity contribution in [1.29, 1.82) is 0 Å². The van der Waals surface area contributed by atoms with Gasteiger partial charge in [-0.1, -0.05) is 63.8 Å². The number of nitrogens with zero attached hydrogens (tertiary/aromatic N) is 3. The molecule has 0 aliphatic carbocycles. The zero-order chi connectivity index (χ0) is 19.3. The van der Waals surface area contributed by atoms with Crippen LogP contribution in [0.2, 0.25) is 20.1 Å². The van der Waals surface area contributed by atoms with Gasteiger partial charge in [0.1, 0.15) is 5.82 Å². The van der Waals surface area contributed by atoms with Crippen LogP contribution in [0.15, 0.2) is 35.1 Å². The van der Waals surface area contributed by atoms with Gasteiger partial charge in [0.25, 0.3) is 5.56 Å². The molecular weight excluding hydrogens is 455 g/mol. The summed E-state index contributed by atoms with van der Waals surface area (Å²) in [6.45, 7) is 0. The predicted octanol–water partition coefficient (Wildman–Crippen LogP) is 5.12. The molecule has 27 heavy (non-hydrogen) atoms. The van der Waals surface area contributed by atoms with E-state index in [4.69, 9.17) is 46.4 Å². The minimum absolute atomic E-state index is 0.106. The van der Waals surface area contributed by atoms with E-state index in [9.17, 15) is 9.18 Å². The fraction of sp³-hybridized carbons (Fsp3) is 0. The zero-order valence-electron chi connectivity index (χ0n) is 13.0. The standard InChI is InChI=1S/C17H6Cl4FN3OS/c18-8-2-1-7(10(19)4-8)3-14-16(26)25-17(27-14)23-15(24-25)9-5-13(22)12(21)6-11(9)20/h1-6H. The molecule has 4 rings (SSSR count). The lowest BCUT2D eigenvalue weighted by atomic mass is 10.2. The first-order chi connectivity index (χ1) is 12.8. The summed E-state index contributed by atoms with van der Waals surface area (Å²) in [6.07, 6.45) is 1.64. The molecule has 4 aromatic rings. The second-order valence-electron chi connectivity index (χ2n) is 5.46. The number of fused-ring (bicyclic) bond motifs is 1. The average Bonchev–Trinajstić information content (AvgIpc) is 3.13. The van der Waals surface area contributed by atoms with E-state index >= 15 is 0 Å². The molecule has 0 radical (unpaired) electrons. The van der Waals surface area contributed by atoms with E-state index < -0.39 is 5.82 Å². The van der Waals surface area contributed by atoms with Crippen LogP contribution >= 0.6 is 57.7 Å². The Morgan fingerprint density at radius 3 is 2.52 bits per heavy atom. The molecule has 0 bridgehead atoms. The number of halogens is 5. The third-order valence-electron chi connectivity index (χ3n) is 3.68. The molecular formula is C17H6Cl4FN3OS. The molecule has 2 aromatic carbocycles. The highest BCUT2D eigenvalue weighted by Crippen LogP contribution is 2.30. The van der Waals surface area contributed by atoms with E-state index in [0.717, 1.165) is 21.9 Å². The summed E-state index contributed by atoms with van der Waals surface area (Å²) in [6, 6.07) is 7.38. The molecule has 10 heteroatoms. The fourth-order valence-electron chi connectivity index (χ4n) is 2.40. The van der Waals surface area contributed by atoms with Crippen molar-refractivity contribution in [2.45, 2.75) is 0 Å². The highest BCUT2D eigenvalue weighted by molar-refractivity contribution is 7.15. The summed E-state index contributed by atoms with van der Waals surface area (Å²) in [4.78, 5) is 17.2. The molecule has 0 saturated heterocycles. The minimum Gasteiger partial charge on any atom is -0.266 e. The van der Waals surface area contributed by atoms with Crippen LogP contribution < -0.4 is 10.1 Å². The van der Waals surface area contributed by atoms with Crippen LogP contribution in [0.4, 0.5) is 4.39 Å². The number of benzene rings is 2. The van der Waals surface area contributed by atoms with Gasteiger partial charge in [-0.05, 0) is 35.9 Å². The summed E-state index contributed by atoms with van der Waals surface area (Å²) < 4.78 is 15.3. The third-order valence-corrected chi connectivity index (χ3v) is 5.81. The van der Waals surface area contributed by atoms with Crippen LogP contribution in [0.1, 0.15) is 5.56 Å². The summed E-state index contributed by atoms with van der Waals surface area (Å²) in [5.74, 6) is -0.516. The Kier molecular flexibility index (Phi) is 4.86. The van der Waals surface area contributed by atoms with E-state index in [0.29, 0.717) is 25.1 Å². The lowest BCUT2D eigenvalue weighted by Gasteiger charge is -2.01. The maximum Gasteiger partial charge on any atom is 0.291 e. The van der Waals surface area contributed by atoms with Crippen LogP contribution in [0, 0.1) is 5.82 Å². The molecule has 0 unspecified atom stereocenters. The Morgan fingerprint density at radius 2 is 1.81 bits per heavy atom. The predicted molar refractivity (Wildman–Crippen MR) is 108 cm³/mol. The van der Waals surface area contributed by atoms with Gasteiger partial charge < -0.3 is 0 Å². The summed E-state index contributed by atoms with van der Waals surface area (Å²) in [7, 11) is 0. The Bertz CT molecular complexity index is 1320. The van der Waals surface area contributed by atoms with Crippen molar-refractivity contribution >= 4 is 68.8 Å². The van der Waals surface area contributed by atoms with Crippen LogP contribution in [0.5, 0.6) is 0 Å². The Hall–Kier alpha value is -1.70. The summed E-state index contributed by atoms with van der Waals surface area (Å²) in [5.41, 5.74) is 0.524. The van der Waals surface area contributed by atoms with Crippen LogP contribution in [0.3, 0.4) is 0 Å². The quantitative estimate of drug-likeness (QED) is 0.390. The lowest BCUT2D eigenvalue weighted by molar-refractivity contribution is 0.628. The number of hydrogen-bond donors (Lipinski definition) is 0. The molecule has 0 amide bonds. The van der Waals surface area contributed by atoms with E-state index in [1.807, 2.05) is 0 Å². The van der Waals surface area contributed by atoms with Gasteiger partial charge in [0, 0.05) is 15.6 Å². The van der Waals surface area contributed by atoms with Crippen molar-refractivity contribution in [2.75, 3.05) is 0 Å². The molecule has 0 aliphatic heterocycles. The van der Waals surface area contributed by atoms with Gasteiger partial charge in [0.2, 0.25) is 4.96 Å². The average molecular weight is 461 g/mol. The number of rotatable bonds is 2. The van der Waals surface area contributed by atoms with E-state index in [-0.39, 0.29) is 27.0 Å². The molecule has 0 saturated carbocycles.